The maximum Gasteiger partial charge on any atom is 0.258 e. The van der Waals surface area contributed by atoms with Crippen LogP contribution in [0.3, 0.4) is 0 Å². The Balaban J connectivity index is 1.56. The molecule has 0 radical (unpaired) electrons. The van der Waals surface area contributed by atoms with Crippen LogP contribution in [-0.4, -0.2) is 24.0 Å². The molecule has 0 aliphatic rings. The van der Waals surface area contributed by atoms with Crippen LogP contribution in [0.15, 0.2) is 70.7 Å². The van der Waals surface area contributed by atoms with Crippen molar-refractivity contribution in [1.29, 1.82) is 0 Å². The summed E-state index contributed by atoms with van der Waals surface area (Å²) in [5.41, 5.74) is 7.34. The highest BCUT2D eigenvalue weighted by Crippen LogP contribution is 2.31. The second-order valence-corrected chi connectivity index (χ2v) is 8.59. The lowest BCUT2D eigenvalue weighted by atomic mass is 10.1. The van der Waals surface area contributed by atoms with Crippen LogP contribution in [0.4, 0.5) is 0 Å². The van der Waals surface area contributed by atoms with Crippen molar-refractivity contribution in [2.45, 2.75) is 31.7 Å². The molecule has 1 aromatic carbocycles. The minimum absolute atomic E-state index is 0.0768. The predicted octanol–water partition coefficient (Wildman–Crippen LogP) is 4.62. The SMILES string of the molecule is Cc1ccc2nc(CSc3nc(-c4ccccc4)c4c(C)cc(C)nn34)cc(=O)n2c1. The number of fused-ring (bicyclic) bond motifs is 2. The number of hydrogen-bond donors (Lipinski definition) is 0. The standard InChI is InChI=1S/C24H21N5OS/c1-15-9-10-20-25-19(12-21(30)28(20)13-15)14-31-24-26-22(18-7-5-4-6-8-18)23-16(2)11-17(3)27-29(23)24/h4-13H,14H2,1-3H3. The lowest BCUT2D eigenvalue weighted by molar-refractivity contribution is 0.792. The average molecular weight is 428 g/mol. The van der Waals surface area contributed by atoms with Crippen LogP contribution < -0.4 is 5.56 Å². The van der Waals surface area contributed by atoms with Crippen LogP contribution in [-0.2, 0) is 5.75 Å². The van der Waals surface area contributed by atoms with E-state index in [2.05, 4.69) is 30.1 Å². The first-order valence-corrected chi connectivity index (χ1v) is 11.0. The number of rotatable bonds is 4. The third-order valence-electron chi connectivity index (χ3n) is 5.14. The summed E-state index contributed by atoms with van der Waals surface area (Å²) < 4.78 is 3.49. The summed E-state index contributed by atoms with van der Waals surface area (Å²) in [6, 6.07) is 17.6. The van der Waals surface area contributed by atoms with E-state index in [1.165, 1.54) is 11.8 Å². The van der Waals surface area contributed by atoms with Crippen LogP contribution in [0.1, 0.15) is 22.5 Å². The summed E-state index contributed by atoms with van der Waals surface area (Å²) in [6.45, 7) is 6.03. The maximum atomic E-state index is 12.5. The molecule has 0 unspecified atom stereocenters. The van der Waals surface area contributed by atoms with E-state index in [-0.39, 0.29) is 5.56 Å². The molecule has 0 aliphatic carbocycles. The Morgan fingerprint density at radius 3 is 2.58 bits per heavy atom. The predicted molar refractivity (Wildman–Crippen MR) is 124 cm³/mol. The Morgan fingerprint density at radius 2 is 1.77 bits per heavy atom. The number of hydrogen-bond acceptors (Lipinski definition) is 5. The van der Waals surface area contributed by atoms with E-state index in [4.69, 9.17) is 10.1 Å². The number of pyridine rings is 1. The van der Waals surface area contributed by atoms with E-state index < -0.39 is 0 Å². The molecule has 0 atom stereocenters. The zero-order chi connectivity index (χ0) is 21.5. The molecule has 7 heteroatoms. The van der Waals surface area contributed by atoms with Crippen LogP contribution in [0.25, 0.3) is 22.4 Å². The summed E-state index contributed by atoms with van der Waals surface area (Å²) in [7, 11) is 0. The number of aryl methyl sites for hydroxylation is 3. The zero-order valence-electron chi connectivity index (χ0n) is 17.5. The van der Waals surface area contributed by atoms with Gasteiger partial charge < -0.3 is 0 Å². The molecular formula is C24H21N5OS. The average Bonchev–Trinajstić information content (AvgIpc) is 3.12. The molecule has 0 saturated heterocycles. The van der Waals surface area contributed by atoms with Gasteiger partial charge in [0.15, 0.2) is 5.16 Å². The van der Waals surface area contributed by atoms with Crippen molar-refractivity contribution < 1.29 is 0 Å². The molecular weight excluding hydrogens is 406 g/mol. The molecule has 4 aromatic heterocycles. The molecule has 31 heavy (non-hydrogen) atoms. The number of thioether (sulfide) groups is 1. The Kier molecular flexibility index (Phi) is 4.82. The van der Waals surface area contributed by atoms with Crippen LogP contribution in [0, 0.1) is 20.8 Å². The van der Waals surface area contributed by atoms with Crippen LogP contribution in [0.5, 0.6) is 0 Å². The third-order valence-corrected chi connectivity index (χ3v) is 6.10. The first-order chi connectivity index (χ1) is 15.0. The lowest BCUT2D eigenvalue weighted by Crippen LogP contribution is -2.15. The van der Waals surface area contributed by atoms with Gasteiger partial charge in [0.2, 0.25) is 0 Å². The molecule has 6 nitrogen and oxygen atoms in total. The second-order valence-electron chi connectivity index (χ2n) is 7.65. The first-order valence-electron chi connectivity index (χ1n) is 10.0. The minimum atomic E-state index is -0.0768. The molecule has 154 valence electrons. The minimum Gasteiger partial charge on any atom is -0.269 e. The first kappa shape index (κ1) is 19.5. The molecule has 5 rings (SSSR count). The highest BCUT2D eigenvalue weighted by molar-refractivity contribution is 7.98. The summed E-state index contributed by atoms with van der Waals surface area (Å²) in [5.74, 6) is 0.529. The molecule has 4 heterocycles. The van der Waals surface area contributed by atoms with Gasteiger partial charge in [0.05, 0.1) is 22.6 Å². The van der Waals surface area contributed by atoms with Crippen LogP contribution >= 0.6 is 11.8 Å². The monoisotopic (exact) mass is 427 g/mol. The summed E-state index contributed by atoms with van der Waals surface area (Å²) in [5, 5.41) is 5.50. The number of benzene rings is 1. The van der Waals surface area contributed by atoms with E-state index in [0.717, 1.165) is 44.4 Å². The summed E-state index contributed by atoms with van der Waals surface area (Å²) in [6.07, 6.45) is 1.81. The number of nitrogens with zero attached hydrogens (tertiary/aromatic N) is 5. The number of aromatic nitrogens is 5. The van der Waals surface area contributed by atoms with Gasteiger partial charge in [-0.05, 0) is 44.0 Å². The fourth-order valence-corrected chi connectivity index (χ4v) is 4.60. The number of imidazole rings is 1. The van der Waals surface area contributed by atoms with E-state index in [0.29, 0.717) is 11.4 Å². The van der Waals surface area contributed by atoms with E-state index >= 15 is 0 Å². The Morgan fingerprint density at radius 1 is 0.968 bits per heavy atom. The highest BCUT2D eigenvalue weighted by atomic mass is 32.2. The summed E-state index contributed by atoms with van der Waals surface area (Å²) in [4.78, 5) is 22.1. The molecule has 0 spiro atoms. The molecule has 0 fully saturated rings. The Bertz CT molecular complexity index is 1490. The van der Waals surface area contributed by atoms with Crippen molar-refractivity contribution in [3.05, 3.63) is 93.7 Å². The van der Waals surface area contributed by atoms with E-state index in [9.17, 15) is 4.79 Å². The fraction of sp³-hybridized carbons (Fsp3) is 0.167. The Hall–Kier alpha value is -3.45. The van der Waals surface area contributed by atoms with Gasteiger partial charge in [-0.15, -0.1) is 0 Å². The van der Waals surface area contributed by atoms with Gasteiger partial charge >= 0.3 is 0 Å². The largest absolute Gasteiger partial charge is 0.269 e. The molecule has 0 aliphatic heterocycles. The topological polar surface area (TPSA) is 64.6 Å². The smallest absolute Gasteiger partial charge is 0.258 e. The van der Waals surface area contributed by atoms with Crippen molar-refractivity contribution in [3.63, 3.8) is 0 Å². The van der Waals surface area contributed by atoms with Gasteiger partial charge in [-0.2, -0.15) is 5.10 Å². The Labute approximate surface area is 183 Å². The molecule has 0 amide bonds. The highest BCUT2D eigenvalue weighted by Gasteiger charge is 2.17. The third kappa shape index (κ3) is 3.61. The van der Waals surface area contributed by atoms with Crippen molar-refractivity contribution >= 4 is 22.9 Å². The molecule has 5 aromatic rings. The fourth-order valence-electron chi connectivity index (χ4n) is 3.77. The van der Waals surface area contributed by atoms with Gasteiger partial charge in [0.25, 0.3) is 5.56 Å². The maximum absolute atomic E-state index is 12.5. The van der Waals surface area contributed by atoms with E-state index in [1.54, 1.807) is 10.5 Å². The van der Waals surface area contributed by atoms with Gasteiger partial charge in [-0.3, -0.25) is 9.20 Å². The van der Waals surface area contributed by atoms with Gasteiger partial charge in [-0.25, -0.2) is 14.5 Å². The van der Waals surface area contributed by atoms with Gasteiger partial charge in [0, 0.05) is 23.6 Å². The lowest BCUT2D eigenvalue weighted by Gasteiger charge is -2.06. The van der Waals surface area contributed by atoms with Gasteiger partial charge in [-0.1, -0.05) is 48.2 Å². The zero-order valence-corrected chi connectivity index (χ0v) is 18.3. The molecule has 0 saturated carbocycles. The van der Waals surface area contributed by atoms with Crippen molar-refractivity contribution in [3.8, 4) is 11.3 Å². The van der Waals surface area contributed by atoms with Crippen molar-refractivity contribution in [1.82, 2.24) is 24.0 Å². The van der Waals surface area contributed by atoms with E-state index in [1.807, 2.05) is 54.9 Å². The van der Waals surface area contributed by atoms with Crippen molar-refractivity contribution in [2.75, 3.05) is 0 Å². The molecule has 0 N–H and O–H groups in total. The normalized spacial score (nSPS) is 11.5. The second kappa shape index (κ2) is 7.67. The molecule has 0 bridgehead atoms. The van der Waals surface area contributed by atoms with Crippen LogP contribution in [0.2, 0.25) is 0 Å². The quantitative estimate of drug-likeness (QED) is 0.392. The van der Waals surface area contributed by atoms with Gasteiger partial charge in [0.1, 0.15) is 5.65 Å². The van der Waals surface area contributed by atoms with Crippen molar-refractivity contribution in [2.24, 2.45) is 0 Å². The summed E-state index contributed by atoms with van der Waals surface area (Å²) >= 11 is 1.54.